The van der Waals surface area contributed by atoms with Crippen LogP contribution in [0.5, 0.6) is 0 Å². The number of nitrogens with one attached hydrogen (secondary N) is 2. The van der Waals surface area contributed by atoms with Crippen LogP contribution in [0.15, 0.2) is 23.1 Å². The molecule has 2 unspecified atom stereocenters. The van der Waals surface area contributed by atoms with E-state index in [1.54, 1.807) is 20.8 Å². The third kappa shape index (κ3) is 6.30. The fraction of sp³-hybridized carbons (Fsp3) is 0.556. The van der Waals surface area contributed by atoms with E-state index < -0.39 is 22.0 Å². The van der Waals surface area contributed by atoms with Gasteiger partial charge >= 0.3 is 6.09 Å². The Hall–Kier alpha value is -1.88. The molecule has 0 aromatic heterocycles. The summed E-state index contributed by atoms with van der Waals surface area (Å²) in [6.45, 7) is 6.28. The lowest BCUT2D eigenvalue weighted by Gasteiger charge is -2.34. The Kier molecular flexibility index (Phi) is 8.26. The predicted octanol–water partition coefficient (Wildman–Crippen LogP) is 1.61. The number of hydrogen-bond acceptors (Lipinski definition) is 6. The van der Waals surface area contributed by atoms with Crippen molar-refractivity contribution in [3.63, 3.8) is 0 Å². The number of sulfonamides is 1. The summed E-state index contributed by atoms with van der Waals surface area (Å²) in [6.07, 6.45) is -1.06. The van der Waals surface area contributed by atoms with Crippen LogP contribution >= 0.6 is 11.6 Å². The van der Waals surface area contributed by atoms with Gasteiger partial charge < -0.3 is 20.1 Å². The maximum Gasteiger partial charge on any atom is 0.407 e. The molecule has 9 nitrogen and oxygen atoms in total. The summed E-state index contributed by atoms with van der Waals surface area (Å²) in [7, 11) is -3.89. The number of nitrogens with zero attached hydrogens (tertiary/aromatic N) is 1. The van der Waals surface area contributed by atoms with Gasteiger partial charge in [-0.2, -0.15) is 4.31 Å². The second-order valence-electron chi connectivity index (χ2n) is 6.63. The van der Waals surface area contributed by atoms with E-state index in [9.17, 15) is 18.0 Å². The Bertz CT molecular complexity index is 838. The number of morpholine rings is 1. The van der Waals surface area contributed by atoms with E-state index in [0.29, 0.717) is 0 Å². The molecule has 2 atom stereocenters. The van der Waals surface area contributed by atoms with E-state index in [0.717, 1.165) is 0 Å². The molecule has 29 heavy (non-hydrogen) atoms. The molecule has 1 saturated heterocycles. The fourth-order valence-electron chi connectivity index (χ4n) is 2.93. The lowest BCUT2D eigenvalue weighted by Crippen LogP contribution is -2.48. The van der Waals surface area contributed by atoms with Gasteiger partial charge in [0.25, 0.3) is 5.91 Å². The van der Waals surface area contributed by atoms with Gasteiger partial charge in [-0.3, -0.25) is 4.79 Å². The first kappa shape index (κ1) is 23.4. The Labute approximate surface area is 175 Å². The van der Waals surface area contributed by atoms with Crippen LogP contribution in [0.3, 0.4) is 0 Å². The van der Waals surface area contributed by atoms with E-state index in [1.807, 2.05) is 0 Å². The first-order valence-electron chi connectivity index (χ1n) is 9.29. The Morgan fingerprint density at radius 1 is 1.21 bits per heavy atom. The van der Waals surface area contributed by atoms with E-state index in [4.69, 9.17) is 21.1 Å². The number of rotatable bonds is 7. The fourth-order valence-corrected chi connectivity index (χ4v) is 5.02. The van der Waals surface area contributed by atoms with Gasteiger partial charge in [0.15, 0.2) is 0 Å². The van der Waals surface area contributed by atoms with E-state index in [-0.39, 0.29) is 60.5 Å². The molecule has 0 saturated carbocycles. The maximum absolute atomic E-state index is 13.1. The van der Waals surface area contributed by atoms with Crippen molar-refractivity contribution in [3.05, 3.63) is 28.8 Å². The zero-order valence-corrected chi connectivity index (χ0v) is 18.2. The number of alkyl carbamates (subject to hydrolysis) is 1. The van der Waals surface area contributed by atoms with Gasteiger partial charge in [-0.15, -0.1) is 0 Å². The van der Waals surface area contributed by atoms with Crippen LogP contribution in [0.25, 0.3) is 0 Å². The minimum Gasteiger partial charge on any atom is -0.450 e. The van der Waals surface area contributed by atoms with Crippen molar-refractivity contribution in [3.8, 4) is 0 Å². The molecule has 2 rings (SSSR count). The van der Waals surface area contributed by atoms with Gasteiger partial charge in [0, 0.05) is 31.7 Å². The average molecular weight is 448 g/mol. The normalized spacial score (nSPS) is 20.1. The van der Waals surface area contributed by atoms with Crippen LogP contribution in [0.1, 0.15) is 31.1 Å². The number of ether oxygens (including phenoxy) is 2. The molecule has 1 heterocycles. The van der Waals surface area contributed by atoms with Crippen LogP contribution < -0.4 is 10.6 Å². The standard InChI is InChI=1S/C18H26ClN3O6S/c1-4-27-18(24)21-8-7-20-17(23)14-5-6-15(19)16(9-14)29(25,26)22-10-12(2)28-13(3)11-22/h5-6,9,12-13H,4,7-8,10-11H2,1-3H3,(H,20,23)(H,21,24). The highest BCUT2D eigenvalue weighted by atomic mass is 35.5. The van der Waals surface area contributed by atoms with Crippen molar-refractivity contribution in [2.45, 2.75) is 37.9 Å². The van der Waals surface area contributed by atoms with Crippen molar-refractivity contribution in [1.29, 1.82) is 0 Å². The van der Waals surface area contributed by atoms with Gasteiger partial charge in [-0.25, -0.2) is 13.2 Å². The molecular formula is C18H26ClN3O6S. The third-order valence-electron chi connectivity index (χ3n) is 4.15. The number of carbonyl (C=O) groups excluding carboxylic acids is 2. The molecule has 0 bridgehead atoms. The number of hydrogen-bond donors (Lipinski definition) is 2. The molecule has 0 aliphatic carbocycles. The molecule has 1 aliphatic heterocycles. The second kappa shape index (κ2) is 10.2. The van der Waals surface area contributed by atoms with Crippen LogP contribution in [0.4, 0.5) is 4.79 Å². The van der Waals surface area contributed by atoms with Crippen LogP contribution in [-0.4, -0.2) is 69.7 Å². The van der Waals surface area contributed by atoms with E-state index in [1.165, 1.54) is 22.5 Å². The monoisotopic (exact) mass is 447 g/mol. The summed E-state index contributed by atoms with van der Waals surface area (Å²) in [6, 6.07) is 4.09. The SMILES string of the molecule is CCOC(=O)NCCNC(=O)c1ccc(Cl)c(S(=O)(=O)N2CC(C)OC(C)C2)c1. The molecule has 0 spiro atoms. The van der Waals surface area contributed by atoms with Crippen molar-refractivity contribution in [2.75, 3.05) is 32.8 Å². The quantitative estimate of drug-likeness (QED) is 0.614. The highest BCUT2D eigenvalue weighted by Gasteiger charge is 2.33. The number of halogens is 1. The lowest BCUT2D eigenvalue weighted by atomic mass is 10.2. The van der Waals surface area contributed by atoms with Gasteiger partial charge in [0.1, 0.15) is 4.90 Å². The first-order chi connectivity index (χ1) is 13.6. The molecular weight excluding hydrogens is 422 g/mol. The minimum absolute atomic E-state index is 0.0392. The van der Waals surface area contributed by atoms with Gasteiger partial charge in [-0.1, -0.05) is 11.6 Å². The summed E-state index contributed by atoms with van der Waals surface area (Å²) in [5, 5.41) is 5.12. The molecule has 1 aliphatic rings. The Balaban J connectivity index is 2.08. The van der Waals surface area contributed by atoms with Crippen molar-refractivity contribution in [1.82, 2.24) is 14.9 Å². The van der Waals surface area contributed by atoms with E-state index >= 15 is 0 Å². The number of benzene rings is 1. The largest absolute Gasteiger partial charge is 0.450 e. The van der Waals surface area contributed by atoms with Gasteiger partial charge in [0.2, 0.25) is 10.0 Å². The number of carbonyl (C=O) groups is 2. The summed E-state index contributed by atoms with van der Waals surface area (Å²) < 4.78 is 37.7. The zero-order valence-electron chi connectivity index (χ0n) is 16.6. The molecule has 1 aromatic carbocycles. The average Bonchev–Trinajstić information content (AvgIpc) is 2.64. The third-order valence-corrected chi connectivity index (χ3v) is 6.47. The Morgan fingerprint density at radius 3 is 2.45 bits per heavy atom. The molecule has 0 radical (unpaired) electrons. The van der Waals surface area contributed by atoms with E-state index in [2.05, 4.69) is 10.6 Å². The molecule has 11 heteroatoms. The highest BCUT2D eigenvalue weighted by Crippen LogP contribution is 2.28. The lowest BCUT2D eigenvalue weighted by molar-refractivity contribution is -0.0440. The summed E-state index contributed by atoms with van der Waals surface area (Å²) in [5.74, 6) is -0.479. The zero-order chi connectivity index (χ0) is 21.6. The smallest absolute Gasteiger partial charge is 0.407 e. The molecule has 2 N–H and O–H groups in total. The molecule has 162 valence electrons. The van der Waals surface area contributed by atoms with Crippen LogP contribution in [0.2, 0.25) is 5.02 Å². The second-order valence-corrected chi connectivity index (χ2v) is 8.94. The van der Waals surface area contributed by atoms with Crippen LogP contribution in [-0.2, 0) is 19.5 Å². The minimum atomic E-state index is -3.89. The highest BCUT2D eigenvalue weighted by molar-refractivity contribution is 7.89. The van der Waals surface area contributed by atoms with Gasteiger partial charge in [-0.05, 0) is 39.0 Å². The predicted molar refractivity (Wildman–Crippen MR) is 108 cm³/mol. The topological polar surface area (TPSA) is 114 Å². The Morgan fingerprint density at radius 2 is 1.83 bits per heavy atom. The number of amides is 2. The molecule has 2 amide bonds. The van der Waals surface area contributed by atoms with Crippen LogP contribution in [0, 0.1) is 0 Å². The molecule has 1 aromatic rings. The van der Waals surface area contributed by atoms with Crippen molar-refractivity contribution < 1.29 is 27.5 Å². The first-order valence-corrected chi connectivity index (χ1v) is 11.1. The summed E-state index contributed by atoms with van der Waals surface area (Å²) >= 11 is 6.14. The maximum atomic E-state index is 13.1. The summed E-state index contributed by atoms with van der Waals surface area (Å²) in [5.41, 5.74) is 0.151. The van der Waals surface area contributed by atoms with Crippen molar-refractivity contribution >= 4 is 33.6 Å². The van der Waals surface area contributed by atoms with Gasteiger partial charge in [0.05, 0.1) is 23.8 Å². The van der Waals surface area contributed by atoms with Crippen molar-refractivity contribution in [2.24, 2.45) is 0 Å². The summed E-state index contributed by atoms with van der Waals surface area (Å²) in [4.78, 5) is 23.4. The molecule has 1 fully saturated rings.